The molecular weight excluding hydrogens is 438 g/mol. The predicted octanol–water partition coefficient (Wildman–Crippen LogP) is 2.77. The molecule has 0 spiro atoms. The molecule has 7 atom stereocenters. The number of carbonyl (C=O) groups excluding carboxylic acids is 3. The molecule has 4 aliphatic carbocycles. The molecule has 8 nitrogen and oxygen atoms in total. The second-order valence-electron chi connectivity index (χ2n) is 11.2. The van der Waals surface area contributed by atoms with Crippen LogP contribution in [0.5, 0.6) is 0 Å². The average molecular weight is 476 g/mol. The number of carboxylic acids is 1. The van der Waals surface area contributed by atoms with Crippen LogP contribution in [0.4, 0.5) is 0 Å². The third kappa shape index (κ3) is 4.41. The van der Waals surface area contributed by atoms with Crippen molar-refractivity contribution in [2.75, 3.05) is 6.61 Å². The molecule has 0 aromatic rings. The highest BCUT2D eigenvalue weighted by Crippen LogP contribution is 2.65. The van der Waals surface area contributed by atoms with Gasteiger partial charge in [-0.2, -0.15) is 0 Å². The highest BCUT2D eigenvalue weighted by Gasteiger charge is 2.59. The molecule has 0 aliphatic heterocycles. The summed E-state index contributed by atoms with van der Waals surface area (Å²) < 4.78 is 5.90. The van der Waals surface area contributed by atoms with Crippen LogP contribution < -0.4 is 5.32 Å². The number of carboxylic acid groups (broad SMARTS) is 1. The largest absolute Gasteiger partial charge is 0.480 e. The molecule has 0 bridgehead atoms. The van der Waals surface area contributed by atoms with Crippen LogP contribution >= 0.6 is 0 Å². The number of carbonyl (C=O) groups is 4. The molecule has 0 heterocycles. The van der Waals surface area contributed by atoms with Gasteiger partial charge < -0.3 is 20.3 Å². The first-order chi connectivity index (χ1) is 16.1. The number of aliphatic hydroxyl groups is 1. The Kier molecular flexibility index (Phi) is 6.91. The zero-order chi connectivity index (χ0) is 24.7. The Labute approximate surface area is 200 Å². The van der Waals surface area contributed by atoms with Gasteiger partial charge in [-0.1, -0.05) is 19.4 Å². The smallest absolute Gasteiger partial charge is 0.328 e. The lowest BCUT2D eigenvalue weighted by Gasteiger charge is -2.57. The van der Waals surface area contributed by atoms with Gasteiger partial charge in [0.2, 0.25) is 5.91 Å². The Morgan fingerprint density at radius 2 is 1.85 bits per heavy atom. The number of hydrogen-bond acceptors (Lipinski definition) is 6. The molecule has 3 fully saturated rings. The van der Waals surface area contributed by atoms with Crippen molar-refractivity contribution in [1.82, 2.24) is 5.32 Å². The summed E-state index contributed by atoms with van der Waals surface area (Å²) in [6.45, 7) is 3.90. The van der Waals surface area contributed by atoms with Gasteiger partial charge in [-0.05, 0) is 74.2 Å². The highest BCUT2D eigenvalue weighted by atomic mass is 16.5. The second kappa shape index (κ2) is 9.44. The van der Waals surface area contributed by atoms with Crippen molar-refractivity contribution in [3.63, 3.8) is 0 Å². The van der Waals surface area contributed by atoms with Crippen molar-refractivity contribution >= 4 is 23.6 Å². The van der Waals surface area contributed by atoms with Gasteiger partial charge in [-0.3, -0.25) is 14.4 Å². The summed E-state index contributed by atoms with van der Waals surface area (Å²) in [5.41, 5.74) is 1.38. The van der Waals surface area contributed by atoms with Crippen molar-refractivity contribution < 1.29 is 34.1 Å². The third-order valence-electron chi connectivity index (χ3n) is 9.52. The second-order valence-corrected chi connectivity index (χ2v) is 11.2. The molecule has 0 aromatic heterocycles. The number of nitrogens with one attached hydrogen (secondary N) is 1. The van der Waals surface area contributed by atoms with Crippen LogP contribution in [-0.2, 0) is 23.9 Å². The summed E-state index contributed by atoms with van der Waals surface area (Å²) in [7, 11) is 0. The first kappa shape index (κ1) is 24.9. The Hall–Kier alpha value is -2.22. The normalized spacial score (nSPS) is 37.5. The van der Waals surface area contributed by atoms with Gasteiger partial charge in [0.05, 0.1) is 13.0 Å². The van der Waals surface area contributed by atoms with E-state index in [0.717, 1.165) is 44.9 Å². The number of allylic oxidation sites excluding steroid dienone is 1. The lowest BCUT2D eigenvalue weighted by molar-refractivity contribution is -0.160. The molecule has 8 heteroatoms. The minimum absolute atomic E-state index is 0.0769. The Bertz CT molecular complexity index is 898. The van der Waals surface area contributed by atoms with Crippen molar-refractivity contribution in [3.05, 3.63) is 11.6 Å². The quantitative estimate of drug-likeness (QED) is 0.483. The summed E-state index contributed by atoms with van der Waals surface area (Å²) in [4.78, 5) is 47.4. The summed E-state index contributed by atoms with van der Waals surface area (Å²) in [6, 6.07) is -1.37. The Morgan fingerprint density at radius 1 is 1.09 bits per heavy atom. The average Bonchev–Trinajstić information content (AvgIpc) is 3.12. The van der Waals surface area contributed by atoms with Gasteiger partial charge in [0.1, 0.15) is 12.1 Å². The number of fused-ring (bicyclic) bond motifs is 5. The number of aliphatic hydroxyl groups excluding tert-OH is 1. The topological polar surface area (TPSA) is 130 Å². The number of amides is 1. The van der Waals surface area contributed by atoms with Crippen LogP contribution in [0.15, 0.2) is 11.6 Å². The maximum absolute atomic E-state index is 12.6. The zero-order valence-corrected chi connectivity index (χ0v) is 20.2. The van der Waals surface area contributed by atoms with E-state index in [1.165, 1.54) is 5.57 Å². The van der Waals surface area contributed by atoms with Crippen molar-refractivity contribution in [2.45, 2.75) is 90.2 Å². The number of rotatable bonds is 7. The van der Waals surface area contributed by atoms with Crippen LogP contribution in [-0.4, -0.2) is 52.6 Å². The highest BCUT2D eigenvalue weighted by molar-refractivity contribution is 5.91. The molecule has 3 N–H and O–H groups in total. The molecule has 188 valence electrons. The van der Waals surface area contributed by atoms with Gasteiger partial charge in [0, 0.05) is 18.3 Å². The van der Waals surface area contributed by atoms with Gasteiger partial charge >= 0.3 is 11.9 Å². The molecule has 4 aliphatic rings. The fourth-order valence-electron chi connectivity index (χ4n) is 7.59. The van der Waals surface area contributed by atoms with Crippen LogP contribution in [0.2, 0.25) is 0 Å². The number of esters is 1. The number of aliphatic carboxylic acids is 1. The van der Waals surface area contributed by atoms with Crippen LogP contribution in [0.25, 0.3) is 0 Å². The molecular formula is C26H37NO7. The Morgan fingerprint density at radius 3 is 2.56 bits per heavy atom. The van der Waals surface area contributed by atoms with Gasteiger partial charge in [0.25, 0.3) is 0 Å². The first-order valence-electron chi connectivity index (χ1n) is 12.6. The van der Waals surface area contributed by atoms with Crippen LogP contribution in [0.1, 0.15) is 78.1 Å². The molecule has 1 amide bonds. The van der Waals surface area contributed by atoms with E-state index in [-0.39, 0.29) is 35.6 Å². The van der Waals surface area contributed by atoms with Gasteiger partial charge in [-0.25, -0.2) is 4.79 Å². The summed E-state index contributed by atoms with van der Waals surface area (Å²) in [6.07, 6.45) is 9.05. The summed E-state index contributed by atoms with van der Waals surface area (Å²) in [5.74, 6) is -0.447. The maximum Gasteiger partial charge on any atom is 0.328 e. The molecule has 0 aromatic carbocycles. The third-order valence-corrected chi connectivity index (χ3v) is 9.52. The van der Waals surface area contributed by atoms with Gasteiger partial charge in [-0.15, -0.1) is 0 Å². The maximum atomic E-state index is 12.6. The van der Waals surface area contributed by atoms with E-state index in [9.17, 15) is 19.2 Å². The van der Waals surface area contributed by atoms with Crippen molar-refractivity contribution in [1.29, 1.82) is 0 Å². The van der Waals surface area contributed by atoms with Crippen LogP contribution in [0.3, 0.4) is 0 Å². The lowest BCUT2D eigenvalue weighted by atomic mass is 9.47. The van der Waals surface area contributed by atoms with E-state index < -0.39 is 30.5 Å². The predicted molar refractivity (Wildman–Crippen MR) is 122 cm³/mol. The molecule has 3 saturated carbocycles. The Balaban J connectivity index is 1.35. The molecule has 0 saturated heterocycles. The lowest BCUT2D eigenvalue weighted by Crippen LogP contribution is -2.51. The number of ether oxygens (including phenoxy) is 1. The van der Waals surface area contributed by atoms with E-state index >= 15 is 0 Å². The van der Waals surface area contributed by atoms with Gasteiger partial charge in [0.15, 0.2) is 5.78 Å². The van der Waals surface area contributed by atoms with E-state index in [1.807, 2.05) is 6.08 Å². The fraction of sp³-hybridized carbons (Fsp3) is 0.769. The molecule has 0 unspecified atom stereocenters. The summed E-state index contributed by atoms with van der Waals surface area (Å²) >= 11 is 0. The van der Waals surface area contributed by atoms with E-state index in [2.05, 4.69) is 19.2 Å². The fourth-order valence-corrected chi connectivity index (χ4v) is 7.59. The molecule has 0 radical (unpaired) electrons. The minimum Gasteiger partial charge on any atom is -0.480 e. The standard InChI is InChI=1S/C26H37NO7/c1-25-11-9-16(29)13-15(25)3-4-17-18-5-6-21(26(18,2)12-10-19(17)25)34-23(31)8-7-22(30)27-20(14-28)24(32)33/h13,17-21,28H,3-12,14H2,1-2H3,(H,27,30)(H,32,33)/t17-,18+,19-,20-,21-,25+,26+/m1/s1. The SMILES string of the molecule is C[C@]12CC[C@@H]3[C@H](CCC4=CC(=O)CC[C@@]43C)[C@@H]1CC[C@H]2OC(=O)CCC(=O)N[C@H](CO)C(=O)O. The van der Waals surface area contributed by atoms with E-state index in [4.69, 9.17) is 14.9 Å². The van der Waals surface area contributed by atoms with Crippen molar-refractivity contribution in [2.24, 2.45) is 28.6 Å². The zero-order valence-electron chi connectivity index (χ0n) is 20.2. The van der Waals surface area contributed by atoms with E-state index in [0.29, 0.717) is 24.2 Å². The minimum atomic E-state index is -1.37. The molecule has 4 rings (SSSR count). The molecule has 34 heavy (non-hydrogen) atoms. The first-order valence-corrected chi connectivity index (χ1v) is 12.6. The number of ketones is 1. The summed E-state index contributed by atoms with van der Waals surface area (Å²) in [5, 5.41) is 20.1. The monoisotopic (exact) mass is 475 g/mol. The number of hydrogen-bond donors (Lipinski definition) is 3. The van der Waals surface area contributed by atoms with E-state index in [1.54, 1.807) is 0 Å². The van der Waals surface area contributed by atoms with Crippen molar-refractivity contribution in [3.8, 4) is 0 Å². The van der Waals surface area contributed by atoms with Crippen LogP contribution in [0, 0.1) is 28.6 Å².